The summed E-state index contributed by atoms with van der Waals surface area (Å²) in [7, 11) is 0. The van der Waals surface area contributed by atoms with Crippen LogP contribution in [0.5, 0.6) is 0 Å². The lowest BCUT2D eigenvalue weighted by atomic mass is 9.33. The number of rotatable bonds is 8. The Morgan fingerprint density at radius 1 is 0.252 bits per heavy atom. The predicted octanol–water partition coefficient (Wildman–Crippen LogP) is 29.1. The first-order chi connectivity index (χ1) is 62.0. The quantitative estimate of drug-likeness (QED) is 0.142. The molecule has 0 fully saturated rings. The van der Waals surface area contributed by atoms with E-state index in [0.717, 1.165) is 139 Å². The van der Waals surface area contributed by atoms with Crippen LogP contribution in [0.3, 0.4) is 0 Å². The minimum Gasteiger partial charge on any atom is -0.311 e. The molecular formula is C115H104BN7. The van der Waals surface area contributed by atoms with Crippen LogP contribution in [-0.2, 0) is 32.5 Å². The molecule has 0 N–H and O–H groups in total. The number of anilines is 6. The third-order valence-electron chi connectivity index (χ3n) is 26.3. The van der Waals surface area contributed by atoms with E-state index in [1.54, 1.807) is 16.7 Å². The highest BCUT2D eigenvalue weighted by Crippen LogP contribution is 2.52. The predicted molar refractivity (Wildman–Crippen MR) is 526 cm³/mol. The second kappa shape index (κ2) is 27.3. The summed E-state index contributed by atoms with van der Waals surface area (Å²) in [5, 5.41) is 19.1. The van der Waals surface area contributed by atoms with Crippen molar-refractivity contribution in [1.82, 2.24) is 18.3 Å². The second-order valence-corrected chi connectivity index (χ2v) is 40.5. The van der Waals surface area contributed by atoms with Crippen LogP contribution in [0.1, 0.15) is 175 Å². The van der Waals surface area contributed by atoms with Gasteiger partial charge in [-0.05, 0) is 262 Å². The molecule has 0 radical (unpaired) electrons. The maximum absolute atomic E-state index is 12.5. The van der Waals surface area contributed by atoms with Crippen molar-refractivity contribution >= 4 is 144 Å². The molecule has 2 aliphatic rings. The molecule has 0 aliphatic carbocycles. The molecule has 0 amide bonds. The van der Waals surface area contributed by atoms with Crippen molar-refractivity contribution in [2.24, 2.45) is 0 Å². The number of hydrogen-bond donors (Lipinski definition) is 0. The Morgan fingerprint density at radius 2 is 0.553 bits per heavy atom. The molecule has 7 nitrogen and oxygen atoms in total. The summed E-state index contributed by atoms with van der Waals surface area (Å²) in [4.78, 5) is 4.77. The topological polar surface area (TPSA) is 50.0 Å². The molecule has 602 valence electrons. The fourth-order valence-corrected chi connectivity index (χ4v) is 19.6. The van der Waals surface area contributed by atoms with E-state index < -0.39 is 55.1 Å². The van der Waals surface area contributed by atoms with Gasteiger partial charge in [-0.1, -0.05) is 270 Å². The van der Waals surface area contributed by atoms with E-state index in [-0.39, 0.29) is 65.5 Å². The number of benzene rings is 15. The van der Waals surface area contributed by atoms with E-state index >= 15 is 0 Å². The monoisotopic (exact) mass is 1600 g/mol. The van der Waals surface area contributed by atoms with Crippen LogP contribution < -0.4 is 26.2 Å². The van der Waals surface area contributed by atoms with Gasteiger partial charge in [0.25, 0.3) is 6.71 Å². The molecule has 15 aromatic carbocycles. The molecule has 2 aliphatic heterocycles. The van der Waals surface area contributed by atoms with Crippen molar-refractivity contribution in [3.8, 4) is 51.1 Å². The van der Waals surface area contributed by atoms with Gasteiger partial charge in [0.05, 0.1) is 72.0 Å². The lowest BCUT2D eigenvalue weighted by Gasteiger charge is -2.45. The molecule has 6 heterocycles. The first-order valence-corrected chi connectivity index (χ1v) is 43.2. The van der Waals surface area contributed by atoms with E-state index in [0.29, 0.717) is 5.69 Å². The van der Waals surface area contributed by atoms with Crippen molar-refractivity contribution in [2.45, 2.75) is 157 Å². The Labute approximate surface area is 734 Å². The van der Waals surface area contributed by atoms with Gasteiger partial charge in [-0.15, -0.1) is 0 Å². The number of para-hydroxylation sites is 2. The van der Waals surface area contributed by atoms with Crippen LogP contribution in [0.2, 0.25) is 0 Å². The Hall–Kier alpha value is -13.3. The highest BCUT2D eigenvalue weighted by atomic mass is 15.2. The van der Waals surface area contributed by atoms with E-state index in [4.69, 9.17) is 2.74 Å². The number of aromatic nitrogens is 4. The lowest BCUT2D eigenvalue weighted by Crippen LogP contribution is -2.61. The van der Waals surface area contributed by atoms with Gasteiger partial charge >= 0.3 is 0 Å². The smallest absolute Gasteiger partial charge is 0.252 e. The molecular weight excluding hydrogens is 1490 g/mol. The van der Waals surface area contributed by atoms with E-state index in [1.165, 1.54) is 44.2 Å². The number of nitrogens with zero attached hydrogens (tertiary/aromatic N) is 7. The van der Waals surface area contributed by atoms with Crippen molar-refractivity contribution in [3.63, 3.8) is 0 Å². The zero-order chi connectivity index (χ0) is 92.2. The maximum Gasteiger partial charge on any atom is 0.252 e. The zero-order valence-electron chi connectivity index (χ0n) is 81.5. The van der Waals surface area contributed by atoms with Gasteiger partial charge in [-0.25, -0.2) is 0 Å². The van der Waals surface area contributed by atoms with Crippen LogP contribution in [0, 0.1) is 11.3 Å². The Bertz CT molecular complexity index is 7870. The van der Waals surface area contributed by atoms with Crippen molar-refractivity contribution < 1.29 is 11.0 Å². The molecule has 19 aromatic rings. The molecule has 0 spiro atoms. The van der Waals surface area contributed by atoms with Crippen LogP contribution in [0.25, 0.3) is 132 Å². The minimum atomic E-state index is -0.552. The molecule has 4 aromatic heterocycles. The minimum absolute atomic E-state index is 0.0370. The van der Waals surface area contributed by atoms with Gasteiger partial charge in [0, 0.05) is 88.6 Å². The van der Waals surface area contributed by atoms with Gasteiger partial charge < -0.3 is 28.1 Å². The summed E-state index contributed by atoms with van der Waals surface area (Å²) in [6, 6.07) is 93.0. The molecule has 8 heteroatoms. The summed E-state index contributed by atoms with van der Waals surface area (Å²) < 4.78 is 85.1. The average molecular weight is 1600 g/mol. The first kappa shape index (κ1) is 68.3. The molecule has 0 unspecified atom stereocenters. The summed E-state index contributed by atoms with van der Waals surface area (Å²) in [5.74, 6) is 0. The standard InChI is InChI=1S/C115H104BN7/c1-110(2,3)75-38-49-98-88(58-75)89-59-76(111(4,5)6)39-50-99(89)119(98)82-45-47-94-105(65-82)122(84-56-73(70-29-21-19-22-30-70)55-74(57-84)71-31-23-20-24-32-71)107-67-85(121-102-53-42-79(114(13,14)15)62-92(102)93-63-80(115(16,17)18)43-54-103(93)121)68-108-109(107)116(94)95-48-46-83(120-100-51-40-77(112(7,8)9)60-90(100)91-61-78(113(10,11)12)41-52-101(91)120)66-106(95)123(108)104-64-81(44-37-72(104)69-117)118-96-35-27-25-33-86(96)87-34-26-28-36-97(87)118/h19-68H,1-18H3/i25D,26D,27D,28D,33D,34D,35D,36D. The lowest BCUT2D eigenvalue weighted by molar-refractivity contribution is 0.590. The summed E-state index contributed by atoms with van der Waals surface area (Å²) in [5.41, 5.74) is 27.0. The van der Waals surface area contributed by atoms with Crippen LogP contribution in [-0.4, -0.2) is 25.0 Å². The Kier molecular flexibility index (Phi) is 15.2. The zero-order valence-corrected chi connectivity index (χ0v) is 73.5. The Morgan fingerprint density at radius 3 is 0.902 bits per heavy atom. The molecule has 123 heavy (non-hydrogen) atoms. The molecule has 0 atom stereocenters. The van der Waals surface area contributed by atoms with Gasteiger partial charge in [0.15, 0.2) is 0 Å². The summed E-state index contributed by atoms with van der Waals surface area (Å²) in [6.45, 7) is 40.4. The fourth-order valence-electron chi connectivity index (χ4n) is 19.6. The number of nitriles is 1. The third-order valence-corrected chi connectivity index (χ3v) is 26.3. The van der Waals surface area contributed by atoms with Gasteiger partial charge in [0.1, 0.15) is 6.07 Å². The second-order valence-electron chi connectivity index (χ2n) is 40.5. The normalized spacial score (nSPS) is 14.3. The van der Waals surface area contributed by atoms with Gasteiger partial charge in [0.2, 0.25) is 0 Å². The summed E-state index contributed by atoms with van der Waals surface area (Å²) in [6.07, 6.45) is 0. The highest BCUT2D eigenvalue weighted by Gasteiger charge is 2.46. The van der Waals surface area contributed by atoms with Crippen molar-refractivity contribution in [3.05, 3.63) is 342 Å². The Balaban J connectivity index is 0.957. The number of hydrogen-bond acceptors (Lipinski definition) is 3. The van der Waals surface area contributed by atoms with Crippen LogP contribution in [0.4, 0.5) is 34.1 Å². The van der Waals surface area contributed by atoms with Crippen molar-refractivity contribution in [1.29, 1.82) is 5.26 Å². The number of fused-ring (bicyclic) bond motifs is 16. The van der Waals surface area contributed by atoms with Crippen LogP contribution >= 0.6 is 0 Å². The maximum atomic E-state index is 12.5. The van der Waals surface area contributed by atoms with E-state index in [2.05, 4.69) is 391 Å². The molecule has 0 bridgehead atoms. The van der Waals surface area contributed by atoms with E-state index in [1.807, 2.05) is 6.07 Å². The largest absolute Gasteiger partial charge is 0.311 e. The molecule has 0 saturated heterocycles. The highest BCUT2D eigenvalue weighted by molar-refractivity contribution is 7.00. The SMILES string of the molecule is [2H]c1c([2H])c([2H])c2c(c1[2H])c1c([2H])c([2H])c([2H])c([2H])c1n2-c1ccc(C#N)c(N2c3cc(-n4c5ccc(C(C)(C)C)cc5c5cc(C(C)(C)C)ccc54)ccc3B3c4ccc(-n5c6ccc(C(C)(C)C)cc6c6cc(C(C)(C)C)ccc65)cc4N(c4cc(-c5ccccc5)cc(-c5ccccc5)c4)c4cc(-n5c6ccc(C(C)(C)C)cc6c6cc(C(C)(C)C)ccc65)cc2c43)c1. The molecule has 0 saturated carbocycles. The van der Waals surface area contributed by atoms with Gasteiger partial charge in [-0.3, -0.25) is 0 Å². The van der Waals surface area contributed by atoms with Crippen LogP contribution in [0.15, 0.2) is 303 Å². The molecule has 21 rings (SSSR count). The van der Waals surface area contributed by atoms with E-state index in [9.17, 15) is 13.5 Å². The van der Waals surface area contributed by atoms with Crippen molar-refractivity contribution in [2.75, 3.05) is 9.80 Å². The third kappa shape index (κ3) is 12.4. The van der Waals surface area contributed by atoms with Gasteiger partial charge in [-0.2, -0.15) is 5.26 Å². The first-order valence-electron chi connectivity index (χ1n) is 47.2. The summed E-state index contributed by atoms with van der Waals surface area (Å²) >= 11 is 0. The average Bonchev–Trinajstić information content (AvgIpc) is 1.66. The fraction of sp³-hybridized carbons (Fsp3) is 0.209.